The topological polar surface area (TPSA) is 58.6 Å². The summed E-state index contributed by atoms with van der Waals surface area (Å²) in [6.45, 7) is 4.12. The maximum atomic E-state index is 11.1. The Labute approximate surface area is 108 Å². The molecule has 100 valence electrons. The summed E-state index contributed by atoms with van der Waals surface area (Å²) in [6.07, 6.45) is 1.41. The minimum Gasteiger partial charge on any atom is -0.494 e. The molecule has 1 rings (SSSR count). The van der Waals surface area contributed by atoms with E-state index in [4.69, 9.17) is 9.84 Å². The van der Waals surface area contributed by atoms with Crippen molar-refractivity contribution in [3.63, 3.8) is 0 Å². The molecule has 0 aliphatic rings. The molecule has 1 atom stereocenters. The minimum absolute atomic E-state index is 0.370. The van der Waals surface area contributed by atoms with Crippen LogP contribution in [0.25, 0.3) is 0 Å². The van der Waals surface area contributed by atoms with Crippen LogP contribution in [0.1, 0.15) is 25.8 Å². The summed E-state index contributed by atoms with van der Waals surface area (Å²) in [6, 6.07) is 7.86. The molecule has 0 bridgehead atoms. The lowest BCUT2D eigenvalue weighted by molar-refractivity contribution is -0.144. The number of hydrogen-bond donors (Lipinski definition) is 2. The second kappa shape index (κ2) is 6.40. The lowest BCUT2D eigenvalue weighted by Crippen LogP contribution is -2.48. The van der Waals surface area contributed by atoms with Crippen molar-refractivity contribution in [2.24, 2.45) is 0 Å². The van der Waals surface area contributed by atoms with Crippen LogP contribution in [-0.4, -0.2) is 30.3 Å². The highest BCUT2D eigenvalue weighted by Crippen LogP contribution is 2.15. The number of nitrogens with one attached hydrogen (secondary N) is 1. The van der Waals surface area contributed by atoms with E-state index in [9.17, 15) is 4.79 Å². The maximum Gasteiger partial charge on any atom is 0.323 e. The standard InChI is InChI=1S/C14H21NO3/c1-4-11-5-7-12(8-6-11)18-10-9-14(2,15-3)13(16)17/h5-8,15H,4,9-10H2,1-3H3,(H,16,17). The first-order chi connectivity index (χ1) is 8.51. The number of hydrogen-bond acceptors (Lipinski definition) is 3. The number of carboxylic acids is 1. The Morgan fingerprint density at radius 2 is 2.00 bits per heavy atom. The average molecular weight is 251 g/mol. The SMILES string of the molecule is CCc1ccc(OCCC(C)(NC)C(=O)O)cc1. The fraction of sp³-hybridized carbons (Fsp3) is 0.500. The zero-order valence-corrected chi connectivity index (χ0v) is 11.2. The summed E-state index contributed by atoms with van der Waals surface area (Å²) < 4.78 is 5.55. The van der Waals surface area contributed by atoms with Crippen LogP contribution in [0.5, 0.6) is 5.75 Å². The second-order valence-corrected chi connectivity index (χ2v) is 4.48. The van der Waals surface area contributed by atoms with Crippen LogP contribution in [0.2, 0.25) is 0 Å². The molecule has 1 aromatic rings. The normalized spacial score (nSPS) is 13.9. The van der Waals surface area contributed by atoms with Gasteiger partial charge in [0.25, 0.3) is 0 Å². The summed E-state index contributed by atoms with van der Waals surface area (Å²) in [7, 11) is 1.64. The molecule has 0 aliphatic carbocycles. The van der Waals surface area contributed by atoms with Gasteiger partial charge in [-0.05, 0) is 38.1 Å². The van der Waals surface area contributed by atoms with E-state index in [1.54, 1.807) is 14.0 Å². The van der Waals surface area contributed by atoms with E-state index in [0.29, 0.717) is 13.0 Å². The molecular formula is C14H21NO3. The molecule has 4 heteroatoms. The molecular weight excluding hydrogens is 230 g/mol. The highest BCUT2D eigenvalue weighted by molar-refractivity contribution is 5.78. The summed E-state index contributed by atoms with van der Waals surface area (Å²) in [4.78, 5) is 11.1. The predicted octanol–water partition coefficient (Wildman–Crippen LogP) is 2.08. The molecule has 0 saturated carbocycles. The first kappa shape index (κ1) is 14.5. The monoisotopic (exact) mass is 251 g/mol. The van der Waals surface area contributed by atoms with Crippen molar-refractivity contribution < 1.29 is 14.6 Å². The third-order valence-electron chi connectivity index (χ3n) is 3.23. The first-order valence-electron chi connectivity index (χ1n) is 6.16. The van der Waals surface area contributed by atoms with Gasteiger partial charge in [-0.25, -0.2) is 0 Å². The highest BCUT2D eigenvalue weighted by atomic mass is 16.5. The van der Waals surface area contributed by atoms with E-state index >= 15 is 0 Å². The van der Waals surface area contributed by atoms with Crippen molar-refractivity contribution >= 4 is 5.97 Å². The molecule has 18 heavy (non-hydrogen) atoms. The molecule has 1 unspecified atom stereocenters. The van der Waals surface area contributed by atoms with Gasteiger partial charge in [0.15, 0.2) is 0 Å². The van der Waals surface area contributed by atoms with E-state index in [-0.39, 0.29) is 0 Å². The number of ether oxygens (including phenoxy) is 1. The molecule has 0 fully saturated rings. The molecule has 0 saturated heterocycles. The maximum absolute atomic E-state index is 11.1. The van der Waals surface area contributed by atoms with E-state index in [1.807, 2.05) is 24.3 Å². The van der Waals surface area contributed by atoms with Gasteiger partial charge in [0.1, 0.15) is 11.3 Å². The number of rotatable bonds is 7. The van der Waals surface area contributed by atoms with Gasteiger partial charge >= 0.3 is 5.97 Å². The third-order valence-corrected chi connectivity index (χ3v) is 3.23. The number of benzene rings is 1. The Hall–Kier alpha value is -1.55. The van der Waals surface area contributed by atoms with Gasteiger partial charge in [-0.15, -0.1) is 0 Å². The zero-order chi connectivity index (χ0) is 13.6. The van der Waals surface area contributed by atoms with E-state index in [2.05, 4.69) is 12.2 Å². The smallest absolute Gasteiger partial charge is 0.323 e. The number of aliphatic carboxylic acids is 1. The zero-order valence-electron chi connectivity index (χ0n) is 11.2. The molecule has 0 radical (unpaired) electrons. The summed E-state index contributed by atoms with van der Waals surface area (Å²) in [5.41, 5.74) is 0.316. The van der Waals surface area contributed by atoms with Gasteiger partial charge in [-0.1, -0.05) is 19.1 Å². The first-order valence-corrected chi connectivity index (χ1v) is 6.16. The summed E-state index contributed by atoms with van der Waals surface area (Å²) >= 11 is 0. The largest absolute Gasteiger partial charge is 0.494 e. The van der Waals surface area contributed by atoms with Crippen LogP contribution in [0.4, 0.5) is 0 Å². The lowest BCUT2D eigenvalue weighted by Gasteiger charge is -2.23. The van der Waals surface area contributed by atoms with Crippen LogP contribution in [0.15, 0.2) is 24.3 Å². The Morgan fingerprint density at radius 3 is 2.44 bits per heavy atom. The predicted molar refractivity (Wildman–Crippen MR) is 71.0 cm³/mol. The molecule has 2 N–H and O–H groups in total. The van der Waals surface area contributed by atoms with Crippen LogP contribution >= 0.6 is 0 Å². The quantitative estimate of drug-likeness (QED) is 0.779. The molecule has 0 aromatic heterocycles. The van der Waals surface area contributed by atoms with Gasteiger partial charge in [-0.3, -0.25) is 4.79 Å². The highest BCUT2D eigenvalue weighted by Gasteiger charge is 2.30. The molecule has 4 nitrogen and oxygen atoms in total. The van der Waals surface area contributed by atoms with Crippen LogP contribution in [0, 0.1) is 0 Å². The Morgan fingerprint density at radius 1 is 1.39 bits per heavy atom. The van der Waals surface area contributed by atoms with E-state index in [0.717, 1.165) is 12.2 Å². The second-order valence-electron chi connectivity index (χ2n) is 4.48. The van der Waals surface area contributed by atoms with Gasteiger partial charge in [0, 0.05) is 6.42 Å². The Bertz CT molecular complexity index is 389. The summed E-state index contributed by atoms with van der Waals surface area (Å²) in [5, 5.41) is 11.9. The van der Waals surface area contributed by atoms with Crippen LogP contribution < -0.4 is 10.1 Å². The van der Waals surface area contributed by atoms with Crippen molar-refractivity contribution in [1.82, 2.24) is 5.32 Å². The van der Waals surface area contributed by atoms with Gasteiger partial charge in [0.2, 0.25) is 0 Å². The fourth-order valence-corrected chi connectivity index (χ4v) is 1.53. The van der Waals surface area contributed by atoms with Crippen molar-refractivity contribution in [2.45, 2.75) is 32.2 Å². The van der Waals surface area contributed by atoms with Crippen molar-refractivity contribution in [1.29, 1.82) is 0 Å². The van der Waals surface area contributed by atoms with Crippen LogP contribution in [0.3, 0.4) is 0 Å². The number of carboxylic acid groups (broad SMARTS) is 1. The van der Waals surface area contributed by atoms with Gasteiger partial charge in [-0.2, -0.15) is 0 Å². The lowest BCUT2D eigenvalue weighted by atomic mass is 9.99. The number of carbonyl (C=O) groups is 1. The van der Waals surface area contributed by atoms with E-state index < -0.39 is 11.5 Å². The fourth-order valence-electron chi connectivity index (χ4n) is 1.53. The molecule has 0 heterocycles. The van der Waals surface area contributed by atoms with Crippen molar-refractivity contribution in [3.05, 3.63) is 29.8 Å². The van der Waals surface area contributed by atoms with Gasteiger partial charge in [0.05, 0.1) is 6.61 Å². The number of aryl methyl sites for hydroxylation is 1. The molecule has 0 amide bonds. The Balaban J connectivity index is 2.47. The van der Waals surface area contributed by atoms with E-state index in [1.165, 1.54) is 5.56 Å². The summed E-state index contributed by atoms with van der Waals surface area (Å²) in [5.74, 6) is -0.0917. The van der Waals surface area contributed by atoms with Crippen molar-refractivity contribution in [2.75, 3.05) is 13.7 Å². The third kappa shape index (κ3) is 3.74. The molecule has 0 spiro atoms. The van der Waals surface area contributed by atoms with Crippen LogP contribution in [-0.2, 0) is 11.2 Å². The average Bonchev–Trinajstić information content (AvgIpc) is 2.39. The number of likely N-dealkylation sites (N-methyl/N-ethyl adjacent to an activating group) is 1. The minimum atomic E-state index is -0.941. The van der Waals surface area contributed by atoms with Gasteiger partial charge < -0.3 is 15.2 Å². The Kier molecular flexibility index (Phi) is 5.16. The molecule has 0 aliphatic heterocycles. The van der Waals surface area contributed by atoms with Crippen molar-refractivity contribution in [3.8, 4) is 5.75 Å². The molecule has 1 aromatic carbocycles.